The molecule has 2 aromatic rings. The zero-order valence-corrected chi connectivity index (χ0v) is 13.1. The smallest absolute Gasteiger partial charge is 0.0459 e. The predicted molar refractivity (Wildman–Crippen MR) is 87.8 cm³/mol. The van der Waals surface area contributed by atoms with Gasteiger partial charge in [0.05, 0.1) is 0 Å². The SMILES string of the molecule is CN(C)CCN1CC2CCc3[nH]c4ccccc4c3C2C1. The molecule has 3 heteroatoms. The molecule has 1 aromatic carbocycles. The fourth-order valence-electron chi connectivity index (χ4n) is 4.27. The molecule has 0 radical (unpaired) electrons. The Morgan fingerprint density at radius 2 is 2.10 bits per heavy atom. The second-order valence-corrected chi connectivity index (χ2v) is 7.03. The normalized spacial score (nSPS) is 25.5. The third-order valence-corrected chi connectivity index (χ3v) is 5.34. The number of aromatic amines is 1. The number of para-hydroxylation sites is 1. The third kappa shape index (κ3) is 2.29. The number of hydrogen-bond donors (Lipinski definition) is 1. The van der Waals surface area contributed by atoms with E-state index in [4.69, 9.17) is 0 Å². The topological polar surface area (TPSA) is 22.3 Å². The first-order valence-electron chi connectivity index (χ1n) is 8.19. The second-order valence-electron chi connectivity index (χ2n) is 7.03. The summed E-state index contributed by atoms with van der Waals surface area (Å²) < 4.78 is 0. The van der Waals surface area contributed by atoms with Crippen molar-refractivity contribution in [1.82, 2.24) is 14.8 Å². The van der Waals surface area contributed by atoms with Gasteiger partial charge in [0.1, 0.15) is 0 Å². The average Bonchev–Trinajstić information content (AvgIpc) is 3.04. The van der Waals surface area contributed by atoms with Gasteiger partial charge in [0.25, 0.3) is 0 Å². The minimum Gasteiger partial charge on any atom is -0.358 e. The molecule has 1 fully saturated rings. The lowest BCUT2D eigenvalue weighted by atomic mass is 9.79. The summed E-state index contributed by atoms with van der Waals surface area (Å²) in [6.07, 6.45) is 2.58. The van der Waals surface area contributed by atoms with Crippen molar-refractivity contribution < 1.29 is 0 Å². The maximum absolute atomic E-state index is 3.67. The van der Waals surface area contributed by atoms with Gasteiger partial charge in [-0.3, -0.25) is 0 Å². The van der Waals surface area contributed by atoms with Gasteiger partial charge in [-0.1, -0.05) is 18.2 Å². The van der Waals surface area contributed by atoms with Crippen molar-refractivity contribution in [3.63, 3.8) is 0 Å². The highest BCUT2D eigenvalue weighted by Crippen LogP contribution is 2.44. The number of H-pyrrole nitrogens is 1. The van der Waals surface area contributed by atoms with E-state index in [1.165, 1.54) is 55.6 Å². The van der Waals surface area contributed by atoms with Crippen molar-refractivity contribution in [3.8, 4) is 0 Å². The summed E-state index contributed by atoms with van der Waals surface area (Å²) >= 11 is 0. The lowest BCUT2D eigenvalue weighted by Gasteiger charge is -2.24. The van der Waals surface area contributed by atoms with Crippen LogP contribution in [0.25, 0.3) is 10.9 Å². The van der Waals surface area contributed by atoms with Crippen LogP contribution in [0.2, 0.25) is 0 Å². The summed E-state index contributed by atoms with van der Waals surface area (Å²) in [6, 6.07) is 8.84. The number of fused-ring (bicyclic) bond motifs is 5. The van der Waals surface area contributed by atoms with Gasteiger partial charge in [0, 0.05) is 48.7 Å². The Morgan fingerprint density at radius 1 is 1.24 bits per heavy atom. The monoisotopic (exact) mass is 283 g/mol. The largest absolute Gasteiger partial charge is 0.358 e. The number of benzene rings is 1. The number of hydrogen-bond acceptors (Lipinski definition) is 2. The number of rotatable bonds is 3. The standard InChI is InChI=1S/C18H25N3/c1-20(2)9-10-21-11-13-7-8-17-18(15(13)12-21)14-5-3-4-6-16(14)19-17/h3-6,13,15,19H,7-12H2,1-2H3. The van der Waals surface area contributed by atoms with Crippen LogP contribution in [0, 0.1) is 5.92 Å². The van der Waals surface area contributed by atoms with Crippen molar-refractivity contribution in [1.29, 1.82) is 0 Å². The quantitative estimate of drug-likeness (QED) is 0.935. The lowest BCUT2D eigenvalue weighted by molar-refractivity contribution is 0.274. The molecule has 1 aliphatic carbocycles. The molecule has 1 N–H and O–H groups in total. The van der Waals surface area contributed by atoms with Crippen LogP contribution in [0.5, 0.6) is 0 Å². The van der Waals surface area contributed by atoms with Crippen LogP contribution in [-0.2, 0) is 6.42 Å². The molecule has 0 bridgehead atoms. The van der Waals surface area contributed by atoms with E-state index in [0.29, 0.717) is 0 Å². The van der Waals surface area contributed by atoms with Crippen LogP contribution in [0.1, 0.15) is 23.6 Å². The molecule has 3 nitrogen and oxygen atoms in total. The molecule has 0 saturated carbocycles. The van der Waals surface area contributed by atoms with E-state index in [0.717, 1.165) is 11.8 Å². The van der Waals surface area contributed by atoms with Gasteiger partial charge in [0.15, 0.2) is 0 Å². The summed E-state index contributed by atoms with van der Waals surface area (Å²) in [4.78, 5) is 8.63. The van der Waals surface area contributed by atoms with Gasteiger partial charge in [-0.25, -0.2) is 0 Å². The molecule has 2 atom stereocenters. The van der Waals surface area contributed by atoms with E-state index in [9.17, 15) is 0 Å². The first-order valence-corrected chi connectivity index (χ1v) is 8.19. The van der Waals surface area contributed by atoms with Gasteiger partial charge in [-0.05, 0) is 44.5 Å². The molecular formula is C18H25N3. The van der Waals surface area contributed by atoms with Crippen LogP contribution < -0.4 is 0 Å². The van der Waals surface area contributed by atoms with Crippen LogP contribution in [-0.4, -0.2) is 55.1 Å². The molecule has 0 amide bonds. The molecule has 21 heavy (non-hydrogen) atoms. The number of aryl methyl sites for hydroxylation is 1. The second kappa shape index (κ2) is 5.15. The first kappa shape index (κ1) is 13.4. The molecule has 2 unspecified atom stereocenters. The van der Waals surface area contributed by atoms with Crippen LogP contribution in [0.3, 0.4) is 0 Å². The van der Waals surface area contributed by atoms with Crippen molar-refractivity contribution in [2.24, 2.45) is 5.92 Å². The maximum atomic E-state index is 3.67. The summed E-state index contributed by atoms with van der Waals surface area (Å²) in [5.74, 6) is 1.60. The van der Waals surface area contributed by atoms with Gasteiger partial charge in [-0.15, -0.1) is 0 Å². The fraction of sp³-hybridized carbons (Fsp3) is 0.556. The Kier molecular flexibility index (Phi) is 3.27. The summed E-state index contributed by atoms with van der Waals surface area (Å²) in [6.45, 7) is 4.91. The Labute approximate surface area is 126 Å². The molecule has 1 saturated heterocycles. The number of nitrogens with one attached hydrogen (secondary N) is 1. The predicted octanol–water partition coefficient (Wildman–Crippen LogP) is 2.69. The summed E-state index contributed by atoms with van der Waals surface area (Å²) in [5.41, 5.74) is 4.47. The Bertz CT molecular complexity index is 643. The van der Waals surface area contributed by atoms with Crippen LogP contribution in [0.4, 0.5) is 0 Å². The number of likely N-dealkylation sites (tertiary alicyclic amines) is 1. The van der Waals surface area contributed by atoms with Crippen LogP contribution >= 0.6 is 0 Å². The zero-order valence-electron chi connectivity index (χ0n) is 13.1. The Balaban J connectivity index is 1.63. The number of aromatic nitrogens is 1. The van der Waals surface area contributed by atoms with Crippen molar-refractivity contribution in [2.75, 3.05) is 40.3 Å². The highest BCUT2D eigenvalue weighted by molar-refractivity contribution is 5.85. The molecule has 112 valence electrons. The summed E-state index contributed by atoms with van der Waals surface area (Å²) in [5, 5.41) is 1.47. The van der Waals surface area contributed by atoms with E-state index >= 15 is 0 Å². The van der Waals surface area contributed by atoms with E-state index < -0.39 is 0 Å². The molecule has 0 spiro atoms. The third-order valence-electron chi connectivity index (χ3n) is 5.34. The molecule has 1 aromatic heterocycles. The van der Waals surface area contributed by atoms with Gasteiger partial charge in [-0.2, -0.15) is 0 Å². The van der Waals surface area contributed by atoms with Crippen molar-refractivity contribution >= 4 is 10.9 Å². The molecule has 2 heterocycles. The molecular weight excluding hydrogens is 258 g/mol. The van der Waals surface area contributed by atoms with E-state index in [1.807, 2.05) is 0 Å². The number of nitrogens with zero attached hydrogens (tertiary/aromatic N) is 2. The maximum Gasteiger partial charge on any atom is 0.0459 e. The minimum absolute atomic E-state index is 0.743. The highest BCUT2D eigenvalue weighted by Gasteiger charge is 2.38. The molecule has 1 aliphatic heterocycles. The van der Waals surface area contributed by atoms with Crippen LogP contribution in [0.15, 0.2) is 24.3 Å². The van der Waals surface area contributed by atoms with Gasteiger partial charge >= 0.3 is 0 Å². The lowest BCUT2D eigenvalue weighted by Crippen LogP contribution is -2.30. The Morgan fingerprint density at radius 3 is 2.95 bits per heavy atom. The van der Waals surface area contributed by atoms with Gasteiger partial charge < -0.3 is 14.8 Å². The highest BCUT2D eigenvalue weighted by atomic mass is 15.2. The first-order chi connectivity index (χ1) is 10.2. The molecule has 4 rings (SSSR count). The average molecular weight is 283 g/mol. The van der Waals surface area contributed by atoms with Gasteiger partial charge in [0.2, 0.25) is 0 Å². The summed E-state index contributed by atoms with van der Waals surface area (Å²) in [7, 11) is 4.34. The minimum atomic E-state index is 0.743. The van der Waals surface area contributed by atoms with E-state index in [2.05, 4.69) is 53.1 Å². The van der Waals surface area contributed by atoms with Crippen molar-refractivity contribution in [2.45, 2.75) is 18.8 Å². The Hall–Kier alpha value is -1.32. The number of likely N-dealkylation sites (N-methyl/N-ethyl adjacent to an activating group) is 1. The fourth-order valence-corrected chi connectivity index (χ4v) is 4.27. The van der Waals surface area contributed by atoms with Crippen molar-refractivity contribution in [3.05, 3.63) is 35.5 Å². The van der Waals surface area contributed by atoms with E-state index in [1.54, 1.807) is 5.56 Å². The zero-order chi connectivity index (χ0) is 14.4. The van der Waals surface area contributed by atoms with E-state index in [-0.39, 0.29) is 0 Å². The molecule has 2 aliphatic rings.